The maximum atomic E-state index is 5.92. The largest absolute Gasteiger partial charge is 0.219 e. The Morgan fingerprint density at radius 1 is 1.33 bits per heavy atom. The van der Waals surface area contributed by atoms with E-state index in [4.69, 9.17) is 23.2 Å². The maximum Gasteiger partial charge on any atom is 0.147 e. The lowest BCUT2D eigenvalue weighted by Gasteiger charge is -2.07. The number of nitrogens with zero attached hydrogens (tertiary/aromatic N) is 2. The smallest absolute Gasteiger partial charge is 0.147 e. The molecular weight excluding hydrogens is 366 g/mol. The molecule has 6 heteroatoms. The van der Waals surface area contributed by atoms with Gasteiger partial charge in [0.15, 0.2) is 0 Å². The molecule has 1 heterocycles. The van der Waals surface area contributed by atoms with Gasteiger partial charge < -0.3 is 0 Å². The SMILES string of the molecule is CCC(C)SCc1nc(Cl)c(I)c(Cl)n1. The van der Waals surface area contributed by atoms with Gasteiger partial charge in [-0.2, -0.15) is 11.8 Å². The Labute approximate surface area is 118 Å². The van der Waals surface area contributed by atoms with E-state index >= 15 is 0 Å². The van der Waals surface area contributed by atoms with Gasteiger partial charge in [-0.3, -0.25) is 0 Å². The van der Waals surface area contributed by atoms with Gasteiger partial charge in [-0.1, -0.05) is 37.0 Å². The number of halogens is 3. The van der Waals surface area contributed by atoms with Crippen LogP contribution in [0.2, 0.25) is 10.3 Å². The van der Waals surface area contributed by atoms with Gasteiger partial charge in [-0.05, 0) is 29.0 Å². The summed E-state index contributed by atoms with van der Waals surface area (Å²) in [5, 5.41) is 1.48. The molecule has 0 aliphatic rings. The average Bonchev–Trinajstić information content (AvgIpc) is 2.22. The van der Waals surface area contributed by atoms with Crippen molar-refractivity contribution in [3.05, 3.63) is 19.7 Å². The lowest BCUT2D eigenvalue weighted by atomic mass is 10.4. The summed E-state index contributed by atoms with van der Waals surface area (Å²) < 4.78 is 0.716. The van der Waals surface area contributed by atoms with E-state index in [1.54, 1.807) is 0 Å². The number of aromatic nitrogens is 2. The summed E-state index contributed by atoms with van der Waals surface area (Å²) in [6, 6.07) is 0. The summed E-state index contributed by atoms with van der Waals surface area (Å²) in [5.41, 5.74) is 0. The third kappa shape index (κ3) is 4.24. The Morgan fingerprint density at radius 2 is 1.87 bits per heavy atom. The van der Waals surface area contributed by atoms with Gasteiger partial charge >= 0.3 is 0 Å². The second kappa shape index (κ2) is 6.47. The van der Waals surface area contributed by atoms with Crippen LogP contribution in [0.5, 0.6) is 0 Å². The van der Waals surface area contributed by atoms with Gasteiger partial charge in [-0.15, -0.1) is 0 Å². The zero-order valence-electron chi connectivity index (χ0n) is 8.43. The van der Waals surface area contributed by atoms with Crippen molar-refractivity contribution in [3.8, 4) is 0 Å². The molecule has 1 rings (SSSR count). The monoisotopic (exact) mass is 376 g/mol. The molecule has 84 valence electrons. The molecule has 1 unspecified atom stereocenters. The quantitative estimate of drug-likeness (QED) is 0.574. The summed E-state index contributed by atoms with van der Waals surface area (Å²) in [4.78, 5) is 8.36. The highest BCUT2D eigenvalue weighted by Gasteiger charge is 2.09. The first-order valence-corrected chi connectivity index (χ1v) is 7.42. The molecule has 0 N–H and O–H groups in total. The molecular formula is C9H11Cl2IN2S. The van der Waals surface area contributed by atoms with Crippen molar-refractivity contribution < 1.29 is 0 Å². The highest BCUT2D eigenvalue weighted by Crippen LogP contribution is 2.25. The third-order valence-electron chi connectivity index (χ3n) is 1.89. The van der Waals surface area contributed by atoms with Crippen LogP contribution in [0.4, 0.5) is 0 Å². The molecule has 1 aromatic rings. The number of hydrogen-bond donors (Lipinski definition) is 0. The van der Waals surface area contributed by atoms with Crippen molar-refractivity contribution in [1.82, 2.24) is 9.97 Å². The van der Waals surface area contributed by atoms with E-state index in [-0.39, 0.29) is 0 Å². The van der Waals surface area contributed by atoms with E-state index in [9.17, 15) is 0 Å². The van der Waals surface area contributed by atoms with E-state index < -0.39 is 0 Å². The third-order valence-corrected chi connectivity index (χ3v) is 5.42. The van der Waals surface area contributed by atoms with Crippen molar-refractivity contribution in [3.63, 3.8) is 0 Å². The van der Waals surface area contributed by atoms with E-state index in [0.29, 0.717) is 25.0 Å². The van der Waals surface area contributed by atoms with Crippen molar-refractivity contribution in [2.75, 3.05) is 0 Å². The van der Waals surface area contributed by atoms with Crippen LogP contribution in [0.25, 0.3) is 0 Å². The lowest BCUT2D eigenvalue weighted by molar-refractivity contribution is 0.900. The van der Waals surface area contributed by atoms with Gasteiger partial charge in [0, 0.05) is 5.25 Å². The van der Waals surface area contributed by atoms with Gasteiger partial charge in [-0.25, -0.2) is 9.97 Å². The van der Waals surface area contributed by atoms with E-state index in [1.165, 1.54) is 0 Å². The predicted octanol–water partition coefficient (Wildman–Crippen LogP) is 4.42. The number of rotatable bonds is 4. The minimum Gasteiger partial charge on any atom is -0.219 e. The molecule has 0 fully saturated rings. The van der Waals surface area contributed by atoms with E-state index in [0.717, 1.165) is 12.2 Å². The minimum atomic E-state index is 0.440. The van der Waals surface area contributed by atoms with Gasteiger partial charge in [0.2, 0.25) is 0 Å². The first-order valence-electron chi connectivity index (χ1n) is 4.53. The van der Waals surface area contributed by atoms with Crippen LogP contribution >= 0.6 is 57.6 Å². The summed E-state index contributed by atoms with van der Waals surface area (Å²) in [6.07, 6.45) is 1.14. The molecule has 0 bridgehead atoms. The van der Waals surface area contributed by atoms with E-state index in [2.05, 4.69) is 23.8 Å². The summed E-state index contributed by atoms with van der Waals surface area (Å²) in [6.45, 7) is 4.34. The van der Waals surface area contributed by atoms with Crippen LogP contribution in [0.1, 0.15) is 26.1 Å². The van der Waals surface area contributed by atoms with Crippen LogP contribution in [0, 0.1) is 3.57 Å². The lowest BCUT2D eigenvalue weighted by Crippen LogP contribution is -2.00. The van der Waals surface area contributed by atoms with Crippen molar-refractivity contribution in [1.29, 1.82) is 0 Å². The molecule has 0 radical (unpaired) electrons. The molecule has 0 amide bonds. The maximum absolute atomic E-state index is 5.92. The average molecular weight is 377 g/mol. The van der Waals surface area contributed by atoms with Crippen LogP contribution < -0.4 is 0 Å². The molecule has 1 atom stereocenters. The topological polar surface area (TPSA) is 25.8 Å². The summed E-state index contributed by atoms with van der Waals surface area (Å²) >= 11 is 15.7. The highest BCUT2D eigenvalue weighted by atomic mass is 127. The Hall–Kier alpha value is 0.740. The molecule has 0 spiro atoms. The Kier molecular flexibility index (Phi) is 5.95. The van der Waals surface area contributed by atoms with Crippen molar-refractivity contribution in [2.24, 2.45) is 0 Å². The van der Waals surface area contributed by atoms with Gasteiger partial charge in [0.25, 0.3) is 0 Å². The van der Waals surface area contributed by atoms with Gasteiger partial charge in [0.1, 0.15) is 16.1 Å². The zero-order chi connectivity index (χ0) is 11.4. The molecule has 0 saturated carbocycles. The van der Waals surface area contributed by atoms with Crippen LogP contribution in [-0.4, -0.2) is 15.2 Å². The summed E-state index contributed by atoms with van der Waals surface area (Å²) in [7, 11) is 0. The zero-order valence-corrected chi connectivity index (χ0v) is 12.9. The molecule has 1 aromatic heterocycles. The minimum absolute atomic E-state index is 0.440. The van der Waals surface area contributed by atoms with Crippen LogP contribution in [0.3, 0.4) is 0 Å². The number of hydrogen-bond acceptors (Lipinski definition) is 3. The fraction of sp³-hybridized carbons (Fsp3) is 0.556. The Balaban J connectivity index is 2.70. The van der Waals surface area contributed by atoms with Crippen molar-refractivity contribution in [2.45, 2.75) is 31.3 Å². The molecule has 2 nitrogen and oxygen atoms in total. The first kappa shape index (κ1) is 13.8. The first-order chi connectivity index (χ1) is 7.04. The normalized spacial score (nSPS) is 12.9. The van der Waals surface area contributed by atoms with E-state index in [1.807, 2.05) is 34.4 Å². The molecule has 0 aliphatic heterocycles. The van der Waals surface area contributed by atoms with Crippen LogP contribution in [0.15, 0.2) is 0 Å². The van der Waals surface area contributed by atoms with Crippen molar-refractivity contribution >= 4 is 57.6 Å². The Morgan fingerprint density at radius 3 is 2.33 bits per heavy atom. The fourth-order valence-electron chi connectivity index (χ4n) is 0.834. The Bertz CT molecular complexity index is 326. The highest BCUT2D eigenvalue weighted by molar-refractivity contribution is 14.1. The molecule has 15 heavy (non-hydrogen) atoms. The summed E-state index contributed by atoms with van der Waals surface area (Å²) in [5.74, 6) is 1.46. The predicted molar refractivity (Wildman–Crippen MR) is 75.8 cm³/mol. The molecule has 0 aliphatic carbocycles. The standard InChI is InChI=1S/C9H11Cl2IN2S/c1-3-5(2)15-4-6-13-8(10)7(12)9(11)14-6/h5H,3-4H2,1-2H3. The second-order valence-electron chi connectivity index (χ2n) is 3.07. The molecule has 0 saturated heterocycles. The van der Waals surface area contributed by atoms with Gasteiger partial charge in [0.05, 0.1) is 9.32 Å². The van der Waals surface area contributed by atoms with Crippen LogP contribution in [-0.2, 0) is 5.75 Å². The molecule has 0 aromatic carbocycles. The second-order valence-corrected chi connectivity index (χ2v) is 6.29. The number of thioether (sulfide) groups is 1. The fourth-order valence-corrected chi connectivity index (χ4v) is 2.30.